The normalized spacial score (nSPS) is 13.2. The number of pyridine rings is 1. The van der Waals surface area contributed by atoms with Crippen molar-refractivity contribution in [2.75, 3.05) is 0 Å². The number of aromatic nitrogens is 2. The van der Waals surface area contributed by atoms with Crippen LogP contribution in [0.15, 0.2) is 42.7 Å². The van der Waals surface area contributed by atoms with Crippen molar-refractivity contribution >= 4 is 22.8 Å². The number of fused-ring (bicyclic) bond motifs is 1. The van der Waals surface area contributed by atoms with Gasteiger partial charge in [0.1, 0.15) is 17.8 Å². The molecule has 0 aliphatic carbocycles. The summed E-state index contributed by atoms with van der Waals surface area (Å²) >= 11 is 0. The lowest BCUT2D eigenvalue weighted by Crippen LogP contribution is -2.51. The summed E-state index contributed by atoms with van der Waals surface area (Å²) in [6, 6.07) is 5.91. The Hall–Kier alpha value is -3.33. The van der Waals surface area contributed by atoms with Crippen molar-refractivity contribution in [2.24, 2.45) is 5.92 Å². The van der Waals surface area contributed by atoms with E-state index in [4.69, 9.17) is 0 Å². The van der Waals surface area contributed by atoms with Gasteiger partial charge in [0.2, 0.25) is 11.8 Å². The van der Waals surface area contributed by atoms with Crippen LogP contribution in [0.5, 0.6) is 0 Å². The number of aliphatic hydroxyl groups is 1. The maximum Gasteiger partial charge on any atom is 0.249 e. The molecule has 2 heterocycles. The molecule has 0 bridgehead atoms. The van der Waals surface area contributed by atoms with E-state index in [1.807, 2.05) is 12.1 Å². The summed E-state index contributed by atoms with van der Waals surface area (Å²) in [5.41, 5.74) is 1.80. The van der Waals surface area contributed by atoms with Crippen molar-refractivity contribution in [3.63, 3.8) is 0 Å². The van der Waals surface area contributed by atoms with Gasteiger partial charge in [-0.3, -0.25) is 9.59 Å². The molecule has 4 N–H and O–H groups in total. The number of hydrogen-bond donors (Lipinski definition) is 4. The minimum Gasteiger partial charge on any atom is -0.383 e. The molecule has 0 unspecified atom stereocenters. The molecule has 0 aliphatic heterocycles. The largest absolute Gasteiger partial charge is 0.383 e. The zero-order valence-corrected chi connectivity index (χ0v) is 17.2. The SMILES string of the molecule is CC(C)[C@@H](O)C(=O)N[C@@H](Cc1ccc(F)c(F)c1)C(=O)NCc1cnc2[nH]ccc2c1. The number of amides is 2. The predicted octanol–water partition coefficient (Wildman–Crippen LogP) is 2.20. The van der Waals surface area contributed by atoms with Gasteiger partial charge in [0, 0.05) is 30.7 Å². The van der Waals surface area contributed by atoms with Crippen LogP contribution in [0.4, 0.5) is 8.78 Å². The molecule has 3 aromatic rings. The van der Waals surface area contributed by atoms with Crippen LogP contribution < -0.4 is 10.6 Å². The molecule has 0 saturated carbocycles. The monoisotopic (exact) mass is 430 g/mol. The third-order valence-electron chi connectivity index (χ3n) is 4.88. The van der Waals surface area contributed by atoms with Gasteiger partial charge in [-0.1, -0.05) is 19.9 Å². The van der Waals surface area contributed by atoms with E-state index in [1.165, 1.54) is 6.07 Å². The first kappa shape index (κ1) is 22.4. The number of nitrogens with zero attached hydrogens (tertiary/aromatic N) is 1. The molecule has 0 fully saturated rings. The average Bonchev–Trinajstić information content (AvgIpc) is 3.21. The summed E-state index contributed by atoms with van der Waals surface area (Å²) in [4.78, 5) is 32.4. The zero-order chi connectivity index (χ0) is 22.5. The molecule has 2 aromatic heterocycles. The first-order chi connectivity index (χ1) is 14.7. The van der Waals surface area contributed by atoms with Crippen LogP contribution in [0.2, 0.25) is 0 Å². The van der Waals surface area contributed by atoms with Crippen molar-refractivity contribution in [1.82, 2.24) is 20.6 Å². The number of benzene rings is 1. The van der Waals surface area contributed by atoms with Gasteiger partial charge in [0.15, 0.2) is 11.6 Å². The quantitative estimate of drug-likeness (QED) is 0.440. The highest BCUT2D eigenvalue weighted by atomic mass is 19.2. The number of rotatable bonds is 8. The molecular formula is C22H24F2N4O3. The van der Waals surface area contributed by atoms with Gasteiger partial charge in [-0.2, -0.15) is 0 Å². The standard InChI is InChI=1S/C22H24F2N4O3/c1-12(2)19(29)22(31)28-18(9-13-3-4-16(23)17(24)8-13)21(30)27-11-14-7-15-5-6-25-20(15)26-10-14/h3-8,10,12,18-19,29H,9,11H2,1-2H3,(H,25,26)(H,27,30)(H,28,31)/t18-,19+/m0/s1. The third kappa shape index (κ3) is 5.64. The molecule has 0 spiro atoms. The predicted molar refractivity (Wildman–Crippen MR) is 111 cm³/mol. The maximum atomic E-state index is 13.6. The Balaban J connectivity index is 1.73. The summed E-state index contributed by atoms with van der Waals surface area (Å²) in [6.07, 6.45) is 1.99. The zero-order valence-electron chi connectivity index (χ0n) is 17.2. The van der Waals surface area contributed by atoms with Crippen LogP contribution in [0.3, 0.4) is 0 Å². The Morgan fingerprint density at radius 1 is 1.10 bits per heavy atom. The van der Waals surface area contributed by atoms with Crippen molar-refractivity contribution in [1.29, 1.82) is 0 Å². The lowest BCUT2D eigenvalue weighted by atomic mass is 10.0. The van der Waals surface area contributed by atoms with Gasteiger partial charge in [-0.25, -0.2) is 13.8 Å². The Bertz CT molecular complexity index is 1080. The van der Waals surface area contributed by atoms with Crippen LogP contribution in [0.1, 0.15) is 25.0 Å². The molecule has 1 aromatic carbocycles. The number of aromatic amines is 1. The van der Waals surface area contributed by atoms with Crippen LogP contribution in [0, 0.1) is 17.6 Å². The van der Waals surface area contributed by atoms with Gasteiger partial charge >= 0.3 is 0 Å². The van der Waals surface area contributed by atoms with E-state index in [9.17, 15) is 23.5 Å². The molecule has 0 saturated heterocycles. The van der Waals surface area contributed by atoms with Crippen LogP contribution in [0.25, 0.3) is 11.0 Å². The van der Waals surface area contributed by atoms with Crippen molar-refractivity contribution in [2.45, 2.75) is 39.0 Å². The van der Waals surface area contributed by atoms with Gasteiger partial charge in [-0.05, 0) is 41.3 Å². The van der Waals surface area contributed by atoms with Gasteiger partial charge in [0.25, 0.3) is 0 Å². The summed E-state index contributed by atoms with van der Waals surface area (Å²) in [7, 11) is 0. The van der Waals surface area contributed by atoms with Crippen molar-refractivity contribution in [3.8, 4) is 0 Å². The number of halogens is 2. The maximum absolute atomic E-state index is 13.6. The molecule has 7 nitrogen and oxygen atoms in total. The Labute approximate surface area is 177 Å². The first-order valence-corrected chi connectivity index (χ1v) is 9.86. The molecule has 0 radical (unpaired) electrons. The molecule has 3 rings (SSSR count). The first-order valence-electron chi connectivity index (χ1n) is 9.86. The van der Waals surface area contributed by atoms with Gasteiger partial charge in [-0.15, -0.1) is 0 Å². The summed E-state index contributed by atoms with van der Waals surface area (Å²) in [5.74, 6) is -3.64. The molecule has 0 aliphatic rings. The molecule has 164 valence electrons. The molecule has 2 atom stereocenters. The number of nitrogens with one attached hydrogen (secondary N) is 3. The molecular weight excluding hydrogens is 406 g/mol. The highest BCUT2D eigenvalue weighted by Crippen LogP contribution is 2.13. The number of H-pyrrole nitrogens is 1. The third-order valence-corrected chi connectivity index (χ3v) is 4.88. The van der Waals surface area contributed by atoms with E-state index in [0.29, 0.717) is 5.56 Å². The molecule has 31 heavy (non-hydrogen) atoms. The Morgan fingerprint density at radius 3 is 2.58 bits per heavy atom. The van der Waals surface area contributed by atoms with Gasteiger partial charge < -0.3 is 20.7 Å². The molecule has 9 heteroatoms. The van der Waals surface area contributed by atoms with Crippen molar-refractivity contribution < 1.29 is 23.5 Å². The number of hydrogen-bond acceptors (Lipinski definition) is 4. The van der Waals surface area contributed by atoms with E-state index < -0.39 is 35.6 Å². The minimum atomic E-state index is -1.31. The van der Waals surface area contributed by atoms with E-state index >= 15 is 0 Å². The van der Waals surface area contributed by atoms with Crippen molar-refractivity contribution in [3.05, 3.63) is 65.5 Å². The summed E-state index contributed by atoms with van der Waals surface area (Å²) < 4.78 is 26.8. The number of aliphatic hydroxyl groups excluding tert-OH is 1. The van der Waals surface area contributed by atoms with E-state index in [-0.39, 0.29) is 18.9 Å². The lowest BCUT2D eigenvalue weighted by molar-refractivity contribution is -0.135. The van der Waals surface area contributed by atoms with Crippen LogP contribution >= 0.6 is 0 Å². The second-order valence-corrected chi connectivity index (χ2v) is 7.68. The highest BCUT2D eigenvalue weighted by molar-refractivity contribution is 5.89. The van der Waals surface area contributed by atoms with E-state index in [2.05, 4.69) is 20.6 Å². The fourth-order valence-corrected chi connectivity index (χ4v) is 3.07. The van der Waals surface area contributed by atoms with E-state index in [0.717, 1.165) is 28.7 Å². The number of carbonyl (C=O) groups is 2. The second kappa shape index (κ2) is 9.65. The summed E-state index contributed by atoms with van der Waals surface area (Å²) in [5, 5.41) is 16.1. The van der Waals surface area contributed by atoms with Crippen LogP contribution in [-0.2, 0) is 22.6 Å². The smallest absolute Gasteiger partial charge is 0.249 e. The fourth-order valence-electron chi connectivity index (χ4n) is 3.07. The average molecular weight is 430 g/mol. The second-order valence-electron chi connectivity index (χ2n) is 7.68. The molecule has 2 amide bonds. The van der Waals surface area contributed by atoms with E-state index in [1.54, 1.807) is 26.2 Å². The Kier molecular flexibility index (Phi) is 6.96. The fraction of sp³-hybridized carbons (Fsp3) is 0.318. The highest BCUT2D eigenvalue weighted by Gasteiger charge is 2.26. The summed E-state index contributed by atoms with van der Waals surface area (Å²) in [6.45, 7) is 3.49. The lowest BCUT2D eigenvalue weighted by Gasteiger charge is -2.22. The van der Waals surface area contributed by atoms with Gasteiger partial charge in [0.05, 0.1) is 0 Å². The topological polar surface area (TPSA) is 107 Å². The van der Waals surface area contributed by atoms with Crippen LogP contribution in [-0.4, -0.2) is 39.0 Å². The minimum absolute atomic E-state index is 0.0747. The number of carbonyl (C=O) groups excluding carboxylic acids is 2. The Morgan fingerprint density at radius 2 is 1.87 bits per heavy atom.